The molecule has 0 spiro atoms. The topological polar surface area (TPSA) is 99.3 Å². The minimum absolute atomic E-state index is 0.0760. The summed E-state index contributed by atoms with van der Waals surface area (Å²) >= 11 is 0. The Morgan fingerprint density at radius 3 is 2.57 bits per heavy atom. The summed E-state index contributed by atoms with van der Waals surface area (Å²) in [5.74, 6) is -2.21. The number of carbonyl (C=O) groups is 1. The number of aromatic nitrogens is 2. The molecule has 2 aromatic carbocycles. The van der Waals surface area contributed by atoms with E-state index in [4.69, 9.17) is 4.74 Å². The van der Waals surface area contributed by atoms with Crippen molar-refractivity contribution in [3.63, 3.8) is 0 Å². The number of nitro benzene ring substituents is 1. The summed E-state index contributed by atoms with van der Waals surface area (Å²) in [4.78, 5) is 22.4. The van der Waals surface area contributed by atoms with Gasteiger partial charge in [-0.15, -0.1) is 0 Å². The molecule has 3 rings (SSSR count). The summed E-state index contributed by atoms with van der Waals surface area (Å²) in [5.41, 5.74) is 1.02. The van der Waals surface area contributed by atoms with E-state index in [-0.39, 0.29) is 11.4 Å². The van der Waals surface area contributed by atoms with Gasteiger partial charge in [0.1, 0.15) is 11.6 Å². The maximum Gasteiger partial charge on any atom is 0.269 e. The van der Waals surface area contributed by atoms with Crippen molar-refractivity contribution in [1.82, 2.24) is 9.78 Å². The molecule has 10 heteroatoms. The van der Waals surface area contributed by atoms with Gasteiger partial charge in [0, 0.05) is 24.3 Å². The molecule has 0 saturated heterocycles. The Labute approximate surface area is 157 Å². The molecule has 0 aliphatic heterocycles. The molecule has 1 N–H and O–H groups in total. The number of amides is 1. The van der Waals surface area contributed by atoms with E-state index in [9.17, 15) is 23.7 Å². The zero-order chi connectivity index (χ0) is 20.3. The predicted molar refractivity (Wildman–Crippen MR) is 95.4 cm³/mol. The van der Waals surface area contributed by atoms with Gasteiger partial charge in [0.05, 0.1) is 16.3 Å². The molecule has 0 unspecified atom stereocenters. The predicted octanol–water partition coefficient (Wildman–Crippen LogP) is 3.38. The Morgan fingerprint density at radius 1 is 1.21 bits per heavy atom. The smallest absolute Gasteiger partial charge is 0.269 e. The summed E-state index contributed by atoms with van der Waals surface area (Å²) in [6.45, 7) is 1.20. The van der Waals surface area contributed by atoms with Crippen molar-refractivity contribution in [3.8, 4) is 11.4 Å². The number of rotatable bonds is 6. The Balaban J connectivity index is 1.72. The largest absolute Gasteiger partial charge is 0.481 e. The van der Waals surface area contributed by atoms with Crippen molar-refractivity contribution in [1.29, 1.82) is 0 Å². The number of hydrogen-bond acceptors (Lipinski definition) is 5. The van der Waals surface area contributed by atoms with E-state index in [1.54, 1.807) is 13.0 Å². The van der Waals surface area contributed by atoms with Crippen LogP contribution in [0.4, 0.5) is 20.3 Å². The van der Waals surface area contributed by atoms with Crippen molar-refractivity contribution >= 4 is 17.4 Å². The van der Waals surface area contributed by atoms with E-state index < -0.39 is 29.1 Å². The molecule has 1 amide bonds. The molecular formula is C18H14F2N4O4. The first-order valence-electron chi connectivity index (χ1n) is 8.02. The van der Waals surface area contributed by atoms with Crippen LogP contribution in [-0.4, -0.2) is 27.2 Å². The number of nitrogens with zero attached hydrogens (tertiary/aromatic N) is 3. The Bertz CT molecular complexity index is 1030. The standard InChI is InChI=1S/C18H14F2N4O4/c1-11-8-17(23(22-11)13-3-5-14(6-4-13)24(26)27)21-18(25)10-28-16-7-2-12(19)9-15(16)20/h2-9H,10H2,1H3,(H,21,25). The number of ether oxygens (including phenoxy) is 1. The summed E-state index contributed by atoms with van der Waals surface area (Å²) in [5, 5.41) is 17.6. The highest BCUT2D eigenvalue weighted by Crippen LogP contribution is 2.21. The zero-order valence-corrected chi connectivity index (χ0v) is 14.6. The van der Waals surface area contributed by atoms with Crippen LogP contribution in [0.25, 0.3) is 5.69 Å². The highest BCUT2D eigenvalue weighted by molar-refractivity contribution is 5.91. The minimum atomic E-state index is -0.917. The van der Waals surface area contributed by atoms with E-state index in [0.29, 0.717) is 23.3 Å². The van der Waals surface area contributed by atoms with Crippen LogP contribution in [0.1, 0.15) is 5.69 Å². The number of carbonyl (C=O) groups excluding carboxylic acids is 1. The number of anilines is 1. The first kappa shape index (κ1) is 19.0. The number of halogens is 2. The minimum Gasteiger partial charge on any atom is -0.481 e. The van der Waals surface area contributed by atoms with Crippen molar-refractivity contribution in [2.45, 2.75) is 6.92 Å². The number of nitrogens with one attached hydrogen (secondary N) is 1. The number of non-ortho nitro benzene ring substituents is 1. The highest BCUT2D eigenvalue weighted by atomic mass is 19.1. The lowest BCUT2D eigenvalue weighted by molar-refractivity contribution is -0.384. The molecule has 8 nitrogen and oxygen atoms in total. The molecule has 0 saturated carbocycles. The number of nitro groups is 1. The molecule has 0 radical (unpaired) electrons. The maximum absolute atomic E-state index is 13.5. The lowest BCUT2D eigenvalue weighted by Crippen LogP contribution is -2.22. The first-order valence-corrected chi connectivity index (χ1v) is 8.02. The van der Waals surface area contributed by atoms with Crippen LogP contribution in [0, 0.1) is 28.7 Å². The lowest BCUT2D eigenvalue weighted by Gasteiger charge is -2.10. The van der Waals surface area contributed by atoms with Gasteiger partial charge in [-0.3, -0.25) is 14.9 Å². The van der Waals surface area contributed by atoms with Crippen LogP contribution < -0.4 is 10.1 Å². The van der Waals surface area contributed by atoms with Gasteiger partial charge in [0.25, 0.3) is 11.6 Å². The monoisotopic (exact) mass is 388 g/mol. The lowest BCUT2D eigenvalue weighted by atomic mass is 10.3. The molecule has 1 heterocycles. The van der Waals surface area contributed by atoms with Gasteiger partial charge in [-0.1, -0.05) is 0 Å². The average Bonchev–Trinajstić information content (AvgIpc) is 3.01. The fourth-order valence-electron chi connectivity index (χ4n) is 2.42. The third-order valence-corrected chi connectivity index (χ3v) is 3.66. The van der Waals surface area contributed by atoms with Crippen molar-refractivity contribution in [3.05, 3.63) is 76.0 Å². The van der Waals surface area contributed by atoms with Gasteiger partial charge >= 0.3 is 0 Å². The molecule has 3 aromatic rings. The molecule has 0 aliphatic carbocycles. The van der Waals surface area contributed by atoms with E-state index in [0.717, 1.165) is 12.1 Å². The first-order chi connectivity index (χ1) is 13.3. The number of aryl methyl sites for hydroxylation is 1. The third-order valence-electron chi connectivity index (χ3n) is 3.66. The van der Waals surface area contributed by atoms with Gasteiger partial charge in [-0.25, -0.2) is 13.5 Å². The highest BCUT2D eigenvalue weighted by Gasteiger charge is 2.14. The molecule has 28 heavy (non-hydrogen) atoms. The molecule has 1 aromatic heterocycles. The summed E-state index contributed by atoms with van der Waals surface area (Å²) in [6.07, 6.45) is 0. The normalized spacial score (nSPS) is 10.5. The van der Waals surface area contributed by atoms with Crippen LogP contribution in [0.2, 0.25) is 0 Å². The van der Waals surface area contributed by atoms with Crippen molar-refractivity contribution in [2.24, 2.45) is 0 Å². The summed E-state index contributed by atoms with van der Waals surface area (Å²) in [6, 6.07) is 9.97. The van der Waals surface area contributed by atoms with Crippen LogP contribution in [0.3, 0.4) is 0 Å². The van der Waals surface area contributed by atoms with Crippen molar-refractivity contribution in [2.75, 3.05) is 11.9 Å². The fraction of sp³-hybridized carbons (Fsp3) is 0.111. The second kappa shape index (κ2) is 7.82. The van der Waals surface area contributed by atoms with Gasteiger partial charge < -0.3 is 10.1 Å². The van der Waals surface area contributed by atoms with Crippen LogP contribution in [0.15, 0.2) is 48.5 Å². The van der Waals surface area contributed by atoms with Crippen molar-refractivity contribution < 1.29 is 23.2 Å². The van der Waals surface area contributed by atoms with Gasteiger partial charge in [0.15, 0.2) is 18.2 Å². The van der Waals surface area contributed by atoms with E-state index in [2.05, 4.69) is 10.4 Å². The number of benzene rings is 2. The Hall–Kier alpha value is -3.82. The molecule has 0 fully saturated rings. The molecule has 144 valence electrons. The third kappa shape index (κ3) is 4.29. The second-order valence-corrected chi connectivity index (χ2v) is 5.77. The summed E-state index contributed by atoms with van der Waals surface area (Å²) in [7, 11) is 0. The maximum atomic E-state index is 13.5. The second-order valence-electron chi connectivity index (χ2n) is 5.77. The van der Waals surface area contributed by atoms with E-state index in [1.165, 1.54) is 28.9 Å². The summed E-state index contributed by atoms with van der Waals surface area (Å²) < 4.78 is 32.9. The van der Waals surface area contributed by atoms with Gasteiger partial charge in [-0.2, -0.15) is 5.10 Å². The van der Waals surface area contributed by atoms with Crippen LogP contribution in [-0.2, 0) is 4.79 Å². The van der Waals surface area contributed by atoms with E-state index >= 15 is 0 Å². The van der Waals surface area contributed by atoms with Gasteiger partial charge in [-0.05, 0) is 31.2 Å². The van der Waals surface area contributed by atoms with Crippen LogP contribution in [0.5, 0.6) is 5.75 Å². The Morgan fingerprint density at radius 2 is 1.93 bits per heavy atom. The van der Waals surface area contributed by atoms with Gasteiger partial charge in [0.2, 0.25) is 0 Å². The molecular weight excluding hydrogens is 374 g/mol. The average molecular weight is 388 g/mol. The molecule has 0 atom stereocenters. The molecule has 0 aliphatic rings. The Kier molecular flexibility index (Phi) is 5.30. The van der Waals surface area contributed by atoms with E-state index in [1.807, 2.05) is 0 Å². The molecule has 0 bridgehead atoms. The quantitative estimate of drug-likeness (QED) is 0.515. The zero-order valence-electron chi connectivity index (χ0n) is 14.6. The fourth-order valence-corrected chi connectivity index (χ4v) is 2.42. The SMILES string of the molecule is Cc1cc(NC(=O)COc2ccc(F)cc2F)n(-c2ccc([N+](=O)[O-])cc2)n1. The number of hydrogen-bond donors (Lipinski definition) is 1. The van der Waals surface area contributed by atoms with Crippen LogP contribution >= 0.6 is 0 Å².